The summed E-state index contributed by atoms with van der Waals surface area (Å²) in [6.07, 6.45) is 3.74. The van der Waals surface area contributed by atoms with Gasteiger partial charge in [0.05, 0.1) is 18.2 Å². The molecule has 7 heteroatoms. The lowest BCUT2D eigenvalue weighted by molar-refractivity contribution is -0.138. The van der Waals surface area contributed by atoms with Crippen LogP contribution in [0.1, 0.15) is 12.0 Å². The van der Waals surface area contributed by atoms with Gasteiger partial charge in [0, 0.05) is 17.5 Å². The van der Waals surface area contributed by atoms with Crippen molar-refractivity contribution < 1.29 is 23.7 Å². The fourth-order valence-electron chi connectivity index (χ4n) is 2.39. The van der Waals surface area contributed by atoms with Crippen LogP contribution in [0.2, 0.25) is 10.0 Å². The molecule has 0 spiro atoms. The average molecular weight is 409 g/mol. The maximum Gasteiger partial charge on any atom is 0.330 e. The van der Waals surface area contributed by atoms with Crippen molar-refractivity contribution >= 4 is 35.2 Å². The van der Waals surface area contributed by atoms with Crippen molar-refractivity contribution in [3.8, 4) is 17.2 Å². The van der Waals surface area contributed by atoms with Gasteiger partial charge in [0.1, 0.15) is 19.0 Å². The maximum absolute atomic E-state index is 11.8. The Kier molecular flexibility index (Phi) is 6.85. The number of benzene rings is 2. The third kappa shape index (κ3) is 5.81. The van der Waals surface area contributed by atoms with Crippen molar-refractivity contribution in [3.63, 3.8) is 0 Å². The van der Waals surface area contributed by atoms with Crippen LogP contribution < -0.4 is 14.2 Å². The fourth-order valence-corrected chi connectivity index (χ4v) is 2.79. The van der Waals surface area contributed by atoms with E-state index in [1.807, 2.05) is 0 Å². The maximum atomic E-state index is 11.8. The van der Waals surface area contributed by atoms with Crippen LogP contribution in [0, 0.1) is 0 Å². The number of hydrogen-bond acceptors (Lipinski definition) is 5. The van der Waals surface area contributed by atoms with E-state index in [2.05, 4.69) is 0 Å². The van der Waals surface area contributed by atoms with Gasteiger partial charge in [0.15, 0.2) is 11.5 Å². The predicted molar refractivity (Wildman–Crippen MR) is 104 cm³/mol. The Morgan fingerprint density at radius 3 is 2.67 bits per heavy atom. The molecular formula is C20H18Cl2O5. The molecule has 0 radical (unpaired) electrons. The van der Waals surface area contributed by atoms with Gasteiger partial charge in [-0.15, -0.1) is 0 Å². The normalized spacial score (nSPS) is 13.3. The molecule has 2 aromatic carbocycles. The van der Waals surface area contributed by atoms with Gasteiger partial charge >= 0.3 is 5.97 Å². The van der Waals surface area contributed by atoms with Crippen molar-refractivity contribution in [3.05, 3.63) is 58.1 Å². The lowest BCUT2D eigenvalue weighted by atomic mass is 10.2. The van der Waals surface area contributed by atoms with Gasteiger partial charge in [-0.25, -0.2) is 4.79 Å². The van der Waals surface area contributed by atoms with Crippen LogP contribution in [0.5, 0.6) is 17.2 Å². The first-order valence-corrected chi connectivity index (χ1v) is 9.20. The molecule has 0 saturated carbocycles. The molecule has 0 amide bonds. The van der Waals surface area contributed by atoms with E-state index in [0.29, 0.717) is 40.5 Å². The van der Waals surface area contributed by atoms with Crippen LogP contribution in [0.25, 0.3) is 6.08 Å². The summed E-state index contributed by atoms with van der Waals surface area (Å²) in [5.41, 5.74) is 0.721. The van der Waals surface area contributed by atoms with Gasteiger partial charge in [-0.2, -0.15) is 0 Å². The number of esters is 1. The van der Waals surface area contributed by atoms with Gasteiger partial charge in [-0.05, 0) is 48.0 Å². The molecule has 3 rings (SSSR count). The van der Waals surface area contributed by atoms with E-state index in [9.17, 15) is 4.79 Å². The number of carbonyl (C=O) groups is 1. The van der Waals surface area contributed by atoms with E-state index in [0.717, 1.165) is 12.0 Å². The fraction of sp³-hybridized carbons (Fsp3) is 0.250. The van der Waals surface area contributed by atoms with Crippen molar-refractivity contribution in [1.29, 1.82) is 0 Å². The van der Waals surface area contributed by atoms with E-state index < -0.39 is 5.97 Å². The van der Waals surface area contributed by atoms with Gasteiger partial charge in [0.2, 0.25) is 0 Å². The summed E-state index contributed by atoms with van der Waals surface area (Å²) < 4.78 is 21.8. The minimum atomic E-state index is -0.474. The number of rotatable bonds is 6. The molecule has 0 unspecified atom stereocenters. The van der Waals surface area contributed by atoms with E-state index in [1.165, 1.54) is 6.08 Å². The second-order valence-corrected chi connectivity index (χ2v) is 6.53. The summed E-state index contributed by atoms with van der Waals surface area (Å²) in [5, 5.41) is 1.08. The molecule has 0 atom stereocenters. The zero-order valence-corrected chi connectivity index (χ0v) is 16.0. The Morgan fingerprint density at radius 1 is 1.07 bits per heavy atom. The monoisotopic (exact) mass is 408 g/mol. The van der Waals surface area contributed by atoms with Gasteiger partial charge in [-0.1, -0.05) is 23.2 Å². The van der Waals surface area contributed by atoms with E-state index >= 15 is 0 Å². The SMILES string of the molecule is O=C(/C=C/c1cc(Cl)c2c(c1)OCCCO2)OCCOc1ccc(Cl)cc1. The average Bonchev–Trinajstić information content (AvgIpc) is 2.91. The van der Waals surface area contributed by atoms with Crippen molar-refractivity contribution in [1.82, 2.24) is 0 Å². The summed E-state index contributed by atoms with van der Waals surface area (Å²) in [7, 11) is 0. The van der Waals surface area contributed by atoms with Crippen molar-refractivity contribution in [2.45, 2.75) is 6.42 Å². The molecule has 0 N–H and O–H groups in total. The summed E-state index contributed by atoms with van der Waals surface area (Å²) in [4.78, 5) is 11.8. The Labute approximate surface area is 167 Å². The molecule has 1 heterocycles. The van der Waals surface area contributed by atoms with E-state index in [4.69, 9.17) is 42.1 Å². The molecule has 1 aliphatic rings. The quantitative estimate of drug-likeness (QED) is 0.390. The number of carbonyl (C=O) groups excluding carboxylic acids is 1. The second kappa shape index (κ2) is 9.53. The molecule has 0 bridgehead atoms. The van der Waals surface area contributed by atoms with Crippen LogP contribution in [-0.4, -0.2) is 32.4 Å². The minimum Gasteiger partial charge on any atom is -0.490 e. The van der Waals surface area contributed by atoms with Crippen LogP contribution >= 0.6 is 23.2 Å². The first-order valence-electron chi connectivity index (χ1n) is 8.44. The highest BCUT2D eigenvalue weighted by atomic mass is 35.5. The highest BCUT2D eigenvalue weighted by molar-refractivity contribution is 6.32. The largest absolute Gasteiger partial charge is 0.490 e. The Morgan fingerprint density at radius 2 is 1.85 bits per heavy atom. The Hall–Kier alpha value is -2.37. The minimum absolute atomic E-state index is 0.133. The molecule has 142 valence electrons. The number of hydrogen-bond donors (Lipinski definition) is 0. The molecule has 1 aliphatic heterocycles. The molecule has 0 aromatic heterocycles. The van der Waals surface area contributed by atoms with Crippen LogP contribution in [-0.2, 0) is 9.53 Å². The highest BCUT2D eigenvalue weighted by Gasteiger charge is 2.15. The van der Waals surface area contributed by atoms with E-state index in [1.54, 1.807) is 42.5 Å². The molecule has 5 nitrogen and oxygen atoms in total. The van der Waals surface area contributed by atoms with Gasteiger partial charge in [0.25, 0.3) is 0 Å². The summed E-state index contributed by atoms with van der Waals surface area (Å²) in [6.45, 7) is 1.50. The number of fused-ring (bicyclic) bond motifs is 1. The zero-order chi connectivity index (χ0) is 19.1. The van der Waals surface area contributed by atoms with Crippen LogP contribution in [0.3, 0.4) is 0 Å². The van der Waals surface area contributed by atoms with Crippen LogP contribution in [0.4, 0.5) is 0 Å². The first-order chi connectivity index (χ1) is 13.1. The topological polar surface area (TPSA) is 54.0 Å². The predicted octanol–water partition coefficient (Wildman–Crippen LogP) is 4.79. The summed E-state index contributed by atoms with van der Waals surface area (Å²) in [6, 6.07) is 10.4. The number of ether oxygens (including phenoxy) is 4. The standard InChI is InChI=1S/C20H18Cl2O5/c21-15-3-5-16(6-4-15)24-10-11-26-19(23)7-2-14-12-17(22)20-18(13-14)25-8-1-9-27-20/h2-7,12-13H,1,8-11H2/b7-2+. The highest BCUT2D eigenvalue weighted by Crippen LogP contribution is 2.38. The molecule has 2 aromatic rings. The number of halogens is 2. The van der Waals surface area contributed by atoms with Gasteiger partial charge < -0.3 is 18.9 Å². The molecule has 0 saturated heterocycles. The van der Waals surface area contributed by atoms with Crippen LogP contribution in [0.15, 0.2) is 42.5 Å². The molecule has 0 aliphatic carbocycles. The summed E-state index contributed by atoms with van der Waals surface area (Å²) in [5.74, 6) is 1.29. The Bertz CT molecular complexity index is 818. The molecular weight excluding hydrogens is 391 g/mol. The summed E-state index contributed by atoms with van der Waals surface area (Å²) >= 11 is 12.0. The Balaban J connectivity index is 1.49. The van der Waals surface area contributed by atoms with Gasteiger partial charge in [-0.3, -0.25) is 0 Å². The second-order valence-electron chi connectivity index (χ2n) is 5.68. The lowest BCUT2D eigenvalue weighted by Crippen LogP contribution is -2.10. The van der Waals surface area contributed by atoms with Crippen molar-refractivity contribution in [2.24, 2.45) is 0 Å². The van der Waals surface area contributed by atoms with Crippen molar-refractivity contribution in [2.75, 3.05) is 26.4 Å². The first kappa shape index (κ1) is 19.4. The third-order valence-corrected chi connectivity index (χ3v) is 4.18. The molecule has 0 fully saturated rings. The van der Waals surface area contributed by atoms with E-state index in [-0.39, 0.29) is 13.2 Å². The zero-order valence-electron chi connectivity index (χ0n) is 14.5. The lowest BCUT2D eigenvalue weighted by Gasteiger charge is -2.10. The smallest absolute Gasteiger partial charge is 0.330 e. The third-order valence-electron chi connectivity index (χ3n) is 3.65. The molecule has 27 heavy (non-hydrogen) atoms.